The van der Waals surface area contributed by atoms with E-state index in [1.165, 1.54) is 72.1 Å². The third-order valence-electron chi connectivity index (χ3n) is 7.15. The summed E-state index contributed by atoms with van der Waals surface area (Å²) in [6.07, 6.45) is -7.39. The molecule has 0 saturated carbocycles. The summed E-state index contributed by atoms with van der Waals surface area (Å²) in [4.78, 5) is 22.1. The fourth-order valence-electron chi connectivity index (χ4n) is 5.14. The number of halogens is 7. The van der Waals surface area contributed by atoms with Gasteiger partial charge in [0.2, 0.25) is 0 Å². The Morgan fingerprint density at radius 3 is 2.30 bits per heavy atom. The topological polar surface area (TPSA) is 51.4 Å². The van der Waals surface area contributed by atoms with E-state index in [2.05, 4.69) is 5.18 Å². The highest BCUT2D eigenvalue weighted by atomic mass is 35.5. The Bertz CT molecular complexity index is 2120. The number of carbonyl (C=O) groups is 1. The van der Waals surface area contributed by atoms with E-state index in [1.54, 1.807) is 28.2 Å². The molecule has 0 N–H and O–H groups in total. The summed E-state index contributed by atoms with van der Waals surface area (Å²) < 4.78 is 85.8. The van der Waals surface area contributed by atoms with Gasteiger partial charge < -0.3 is 0 Å². The molecule has 2 heterocycles. The van der Waals surface area contributed by atoms with E-state index >= 15 is 0 Å². The summed E-state index contributed by atoms with van der Waals surface area (Å²) in [5, 5.41) is 4.05. The van der Waals surface area contributed by atoms with Crippen molar-refractivity contribution >= 4 is 51.7 Å². The molecular formula is C33H17ClF6N2O2S2. The largest absolute Gasteiger partial charge is 0.426 e. The molecule has 0 fully saturated rings. The average molecular weight is 687 g/mol. The van der Waals surface area contributed by atoms with Crippen LogP contribution in [0.4, 0.5) is 26.3 Å². The van der Waals surface area contributed by atoms with Crippen LogP contribution < -0.4 is 0 Å². The Labute approximate surface area is 270 Å². The van der Waals surface area contributed by atoms with Gasteiger partial charge in [-0.1, -0.05) is 48.0 Å². The van der Waals surface area contributed by atoms with Crippen molar-refractivity contribution in [3.63, 3.8) is 0 Å². The van der Waals surface area contributed by atoms with Crippen LogP contribution in [0.25, 0.3) is 44.4 Å². The van der Waals surface area contributed by atoms with E-state index in [-0.39, 0.29) is 32.7 Å². The second kappa shape index (κ2) is 12.4. The van der Waals surface area contributed by atoms with Crippen molar-refractivity contribution in [2.45, 2.75) is 17.5 Å². The number of rotatable bonds is 7. The van der Waals surface area contributed by atoms with Gasteiger partial charge in [-0.05, 0) is 77.5 Å². The Balaban J connectivity index is 1.62. The monoisotopic (exact) mass is 686 g/mol. The van der Waals surface area contributed by atoms with Crippen molar-refractivity contribution in [3.8, 4) is 33.5 Å². The predicted molar refractivity (Wildman–Crippen MR) is 169 cm³/mol. The Hall–Kier alpha value is -4.39. The number of carbonyl (C=O) groups excluding carboxylic acids is 1. The van der Waals surface area contributed by atoms with Crippen LogP contribution in [0, 0.1) is 10.7 Å². The van der Waals surface area contributed by atoms with Crippen LogP contribution in [0.1, 0.15) is 27.2 Å². The normalized spacial score (nSPS) is 11.8. The van der Waals surface area contributed by atoms with Crippen LogP contribution in [0.5, 0.6) is 0 Å². The van der Waals surface area contributed by atoms with Gasteiger partial charge in [0.15, 0.2) is 0 Å². The van der Waals surface area contributed by atoms with E-state index < -0.39 is 29.2 Å². The predicted octanol–water partition coefficient (Wildman–Crippen LogP) is 11.9. The van der Waals surface area contributed by atoms with Crippen molar-refractivity contribution in [2.75, 3.05) is 0 Å². The SMILES string of the molecule is O=NC(=O)c1ccc(-c2cccc(-c3c(-c4ccsc4C(F)(F)F)c4cc(F)ccc4n3Sc3ccc(C(F)F)cc3)c2)c(Cl)c1. The Kier molecular flexibility index (Phi) is 8.53. The second-order valence-corrected chi connectivity index (χ2v) is 12.3. The maximum Gasteiger partial charge on any atom is 0.426 e. The van der Waals surface area contributed by atoms with E-state index in [9.17, 15) is 36.0 Å². The smallest absolute Gasteiger partial charge is 0.279 e. The van der Waals surface area contributed by atoms with Crippen LogP contribution in [0.15, 0.2) is 106 Å². The molecule has 0 radical (unpaired) electrons. The van der Waals surface area contributed by atoms with Crippen molar-refractivity contribution in [1.82, 2.24) is 3.97 Å². The van der Waals surface area contributed by atoms with Crippen LogP contribution in [-0.4, -0.2) is 9.88 Å². The van der Waals surface area contributed by atoms with Crippen LogP contribution in [0.3, 0.4) is 0 Å². The zero-order valence-corrected chi connectivity index (χ0v) is 25.4. The number of thiophene rings is 1. The molecule has 0 bridgehead atoms. The standard InChI is InChI=1S/C33H17ClF6N2O2S2/c34-26-15-20(32(43)41-44)6-10-23(26)18-2-1-3-19(14-18)29-28(24-12-13-45-30(24)33(38,39)40)25-16-21(35)7-11-27(25)42(29)46-22-8-4-17(5-9-22)31(36)37/h1-16,31H. The molecule has 13 heteroatoms. The molecule has 6 aromatic rings. The summed E-state index contributed by atoms with van der Waals surface area (Å²) in [6, 6.07) is 21.5. The lowest BCUT2D eigenvalue weighted by atomic mass is 9.96. The number of fused-ring (bicyclic) bond motifs is 1. The van der Waals surface area contributed by atoms with Gasteiger partial charge in [0.05, 0.1) is 11.2 Å². The van der Waals surface area contributed by atoms with Crippen molar-refractivity contribution in [3.05, 3.63) is 128 Å². The molecule has 0 aliphatic heterocycles. The summed E-state index contributed by atoms with van der Waals surface area (Å²) in [6.45, 7) is 0. The number of nitrogens with zero attached hydrogens (tertiary/aromatic N) is 2. The van der Waals surface area contributed by atoms with Gasteiger partial charge in [-0.3, -0.25) is 8.77 Å². The van der Waals surface area contributed by atoms with E-state index in [4.69, 9.17) is 11.6 Å². The molecule has 0 atom stereocenters. The molecule has 4 aromatic carbocycles. The first kappa shape index (κ1) is 31.6. The number of aromatic nitrogens is 1. The highest BCUT2D eigenvalue weighted by Gasteiger charge is 2.37. The molecule has 232 valence electrons. The first-order valence-corrected chi connectivity index (χ1v) is 15.3. The molecule has 0 unspecified atom stereocenters. The van der Waals surface area contributed by atoms with Gasteiger partial charge in [-0.25, -0.2) is 13.2 Å². The minimum Gasteiger partial charge on any atom is -0.279 e. The van der Waals surface area contributed by atoms with Gasteiger partial charge in [0.1, 0.15) is 10.7 Å². The summed E-state index contributed by atoms with van der Waals surface area (Å²) in [5.74, 6) is -1.66. The molecule has 1 amide bonds. The van der Waals surface area contributed by atoms with Crippen LogP contribution in [0.2, 0.25) is 5.02 Å². The fourth-order valence-corrected chi connectivity index (χ4v) is 7.21. The summed E-state index contributed by atoms with van der Waals surface area (Å²) >= 11 is 8.07. The highest BCUT2D eigenvalue weighted by Crippen LogP contribution is 2.50. The Morgan fingerprint density at radius 2 is 1.63 bits per heavy atom. The number of benzene rings is 4. The minimum absolute atomic E-state index is 0.0178. The molecule has 6 rings (SSSR count). The zero-order chi connectivity index (χ0) is 32.7. The lowest BCUT2D eigenvalue weighted by Gasteiger charge is -2.15. The summed E-state index contributed by atoms with van der Waals surface area (Å²) in [7, 11) is 0. The number of alkyl halides is 5. The Morgan fingerprint density at radius 1 is 0.891 bits per heavy atom. The maximum atomic E-state index is 14.8. The summed E-state index contributed by atoms with van der Waals surface area (Å²) in [5.41, 5.74) is 1.87. The molecule has 2 aromatic heterocycles. The molecule has 46 heavy (non-hydrogen) atoms. The first-order valence-electron chi connectivity index (χ1n) is 13.3. The highest BCUT2D eigenvalue weighted by molar-refractivity contribution is 7.98. The molecule has 0 spiro atoms. The van der Waals surface area contributed by atoms with E-state index in [1.807, 2.05) is 0 Å². The van der Waals surface area contributed by atoms with Crippen molar-refractivity contribution in [2.24, 2.45) is 5.18 Å². The number of hydrogen-bond donors (Lipinski definition) is 0. The minimum atomic E-state index is -4.70. The number of hydrogen-bond acceptors (Lipinski definition) is 4. The second-order valence-electron chi connectivity index (χ2n) is 9.97. The third kappa shape index (κ3) is 5.95. The quantitative estimate of drug-likeness (QED) is 0.124. The van der Waals surface area contributed by atoms with Gasteiger partial charge in [-0.2, -0.15) is 13.2 Å². The maximum absolute atomic E-state index is 14.8. The van der Waals surface area contributed by atoms with Gasteiger partial charge in [-0.15, -0.1) is 16.2 Å². The van der Waals surface area contributed by atoms with E-state index in [0.29, 0.717) is 44.1 Å². The van der Waals surface area contributed by atoms with Crippen LogP contribution >= 0.6 is 34.9 Å². The van der Waals surface area contributed by atoms with Crippen molar-refractivity contribution < 1.29 is 31.1 Å². The number of amides is 1. The molecule has 0 saturated heterocycles. The fraction of sp³-hybridized carbons (Fsp3) is 0.0606. The molecule has 4 nitrogen and oxygen atoms in total. The van der Waals surface area contributed by atoms with Crippen LogP contribution in [-0.2, 0) is 6.18 Å². The lowest BCUT2D eigenvalue weighted by molar-refractivity contribution is -0.133. The number of nitroso groups, excluding NO2 is 1. The molecule has 0 aliphatic rings. The molecule has 0 aliphatic carbocycles. The van der Waals surface area contributed by atoms with Gasteiger partial charge in [0.25, 0.3) is 6.43 Å². The zero-order valence-electron chi connectivity index (χ0n) is 23.0. The van der Waals surface area contributed by atoms with E-state index in [0.717, 1.165) is 11.9 Å². The molecular weight excluding hydrogens is 670 g/mol. The lowest BCUT2D eigenvalue weighted by Crippen LogP contribution is -2.04. The third-order valence-corrected chi connectivity index (χ3v) is 9.47. The van der Waals surface area contributed by atoms with Gasteiger partial charge in [0, 0.05) is 53.9 Å². The average Bonchev–Trinajstić information content (AvgIpc) is 3.64. The van der Waals surface area contributed by atoms with Gasteiger partial charge >= 0.3 is 12.1 Å². The van der Waals surface area contributed by atoms with Crippen molar-refractivity contribution in [1.29, 1.82) is 0 Å². The first-order chi connectivity index (χ1) is 22.0.